The fourth-order valence-corrected chi connectivity index (χ4v) is 3.48. The van der Waals surface area contributed by atoms with Gasteiger partial charge >= 0.3 is 0 Å². The van der Waals surface area contributed by atoms with Gasteiger partial charge in [-0.05, 0) is 58.2 Å². The van der Waals surface area contributed by atoms with Gasteiger partial charge in [0.15, 0.2) is 0 Å². The third kappa shape index (κ3) is 4.47. The maximum absolute atomic E-state index is 10.6. The van der Waals surface area contributed by atoms with Gasteiger partial charge in [0.05, 0.1) is 12.7 Å². The lowest BCUT2D eigenvalue weighted by atomic mass is 9.98. The first-order chi connectivity index (χ1) is 10.7. The number of benzene rings is 1. The Bertz CT molecular complexity index is 461. The lowest BCUT2D eigenvalue weighted by Crippen LogP contribution is -2.40. The zero-order valence-corrected chi connectivity index (χ0v) is 14.3. The summed E-state index contributed by atoms with van der Waals surface area (Å²) < 4.78 is 5.67. The molecule has 3 heteroatoms. The molecule has 0 amide bonds. The smallest absolute Gasteiger partial charge is 0.125 e. The van der Waals surface area contributed by atoms with Crippen molar-refractivity contribution in [2.75, 3.05) is 19.7 Å². The van der Waals surface area contributed by atoms with Crippen LogP contribution in [0.25, 0.3) is 0 Å². The maximum Gasteiger partial charge on any atom is 0.125 e. The Balaban J connectivity index is 1.99. The Labute approximate surface area is 135 Å². The molecule has 1 heterocycles. The molecule has 22 heavy (non-hydrogen) atoms. The first-order valence-corrected chi connectivity index (χ1v) is 8.81. The molecule has 1 aromatic carbocycles. The number of aliphatic hydroxyl groups is 1. The van der Waals surface area contributed by atoms with E-state index in [2.05, 4.69) is 24.8 Å². The molecule has 124 valence electrons. The standard InChI is InChI=1S/C19H31NO2/c1-4-16-8-6-7-12-20(16)13-11-18(21)17-14-15(3)9-10-19(17)22-5-2/h9-10,14,16,18,21H,4-8,11-13H2,1-3H3. The summed E-state index contributed by atoms with van der Waals surface area (Å²) in [4.78, 5) is 2.56. The topological polar surface area (TPSA) is 32.7 Å². The van der Waals surface area contributed by atoms with Crippen molar-refractivity contribution in [1.29, 1.82) is 0 Å². The highest BCUT2D eigenvalue weighted by atomic mass is 16.5. The molecule has 0 aliphatic carbocycles. The highest BCUT2D eigenvalue weighted by molar-refractivity contribution is 5.38. The average Bonchev–Trinajstić information content (AvgIpc) is 2.54. The number of piperidine rings is 1. The van der Waals surface area contributed by atoms with Crippen LogP contribution in [0.2, 0.25) is 0 Å². The van der Waals surface area contributed by atoms with Crippen LogP contribution >= 0.6 is 0 Å². The first kappa shape index (κ1) is 17.3. The van der Waals surface area contributed by atoms with E-state index in [-0.39, 0.29) is 0 Å². The van der Waals surface area contributed by atoms with E-state index in [0.29, 0.717) is 12.6 Å². The Hall–Kier alpha value is -1.06. The molecule has 2 rings (SSSR count). The highest BCUT2D eigenvalue weighted by Crippen LogP contribution is 2.29. The number of rotatable bonds is 7. The average molecular weight is 305 g/mol. The van der Waals surface area contributed by atoms with Crippen molar-refractivity contribution in [1.82, 2.24) is 4.90 Å². The third-order valence-corrected chi connectivity index (χ3v) is 4.73. The van der Waals surface area contributed by atoms with Gasteiger partial charge in [0, 0.05) is 18.2 Å². The summed E-state index contributed by atoms with van der Waals surface area (Å²) in [7, 11) is 0. The number of hydrogen-bond donors (Lipinski definition) is 1. The second kappa shape index (κ2) is 8.54. The van der Waals surface area contributed by atoms with Gasteiger partial charge in [-0.15, -0.1) is 0 Å². The fourth-order valence-electron chi connectivity index (χ4n) is 3.48. The van der Waals surface area contributed by atoms with Gasteiger partial charge < -0.3 is 14.7 Å². The summed E-state index contributed by atoms with van der Waals surface area (Å²) in [6, 6.07) is 6.78. The fraction of sp³-hybridized carbons (Fsp3) is 0.684. The van der Waals surface area contributed by atoms with Crippen molar-refractivity contribution in [2.24, 2.45) is 0 Å². The van der Waals surface area contributed by atoms with E-state index in [1.807, 2.05) is 19.1 Å². The highest BCUT2D eigenvalue weighted by Gasteiger charge is 2.22. The molecular weight excluding hydrogens is 274 g/mol. The molecule has 3 nitrogen and oxygen atoms in total. The van der Waals surface area contributed by atoms with Crippen molar-refractivity contribution in [3.63, 3.8) is 0 Å². The lowest BCUT2D eigenvalue weighted by Gasteiger charge is -2.35. The van der Waals surface area contributed by atoms with Crippen LogP contribution in [0.1, 0.15) is 63.2 Å². The predicted molar refractivity (Wildman–Crippen MR) is 91.4 cm³/mol. The molecule has 0 bridgehead atoms. The van der Waals surface area contributed by atoms with E-state index in [1.54, 1.807) is 0 Å². The molecule has 0 radical (unpaired) electrons. The van der Waals surface area contributed by atoms with E-state index < -0.39 is 6.10 Å². The number of nitrogens with zero attached hydrogens (tertiary/aromatic N) is 1. The Morgan fingerprint density at radius 2 is 2.14 bits per heavy atom. The van der Waals surface area contributed by atoms with Gasteiger partial charge in [0.1, 0.15) is 5.75 Å². The summed E-state index contributed by atoms with van der Waals surface area (Å²) in [5.41, 5.74) is 2.11. The van der Waals surface area contributed by atoms with Gasteiger partial charge in [0.2, 0.25) is 0 Å². The molecule has 0 saturated carbocycles. The van der Waals surface area contributed by atoms with Crippen molar-refractivity contribution < 1.29 is 9.84 Å². The van der Waals surface area contributed by atoms with Crippen LogP contribution in [-0.2, 0) is 0 Å². The molecule has 2 unspecified atom stereocenters. The molecular formula is C19H31NO2. The minimum atomic E-state index is -0.444. The minimum absolute atomic E-state index is 0.444. The van der Waals surface area contributed by atoms with Gasteiger partial charge in [-0.25, -0.2) is 0 Å². The number of aliphatic hydroxyl groups excluding tert-OH is 1. The monoisotopic (exact) mass is 305 g/mol. The minimum Gasteiger partial charge on any atom is -0.493 e. The molecule has 1 N–H and O–H groups in total. The Kier molecular flexibility index (Phi) is 6.71. The maximum atomic E-state index is 10.6. The van der Waals surface area contributed by atoms with Gasteiger partial charge in [-0.3, -0.25) is 0 Å². The largest absolute Gasteiger partial charge is 0.493 e. The summed E-state index contributed by atoms with van der Waals surface area (Å²) in [6.07, 6.45) is 5.50. The number of hydrogen-bond acceptors (Lipinski definition) is 3. The van der Waals surface area contributed by atoms with Crippen LogP contribution in [0, 0.1) is 6.92 Å². The zero-order valence-electron chi connectivity index (χ0n) is 14.3. The van der Waals surface area contributed by atoms with Crippen LogP contribution in [-0.4, -0.2) is 35.7 Å². The lowest BCUT2D eigenvalue weighted by molar-refractivity contribution is 0.0995. The molecule has 0 spiro atoms. The second-order valence-electron chi connectivity index (χ2n) is 6.37. The van der Waals surface area contributed by atoms with E-state index in [0.717, 1.165) is 24.3 Å². The van der Waals surface area contributed by atoms with Gasteiger partial charge in [-0.2, -0.15) is 0 Å². The van der Waals surface area contributed by atoms with Crippen LogP contribution in [0.3, 0.4) is 0 Å². The van der Waals surface area contributed by atoms with Crippen LogP contribution < -0.4 is 4.74 Å². The molecule has 1 fully saturated rings. The number of likely N-dealkylation sites (tertiary alicyclic amines) is 1. The molecule has 1 aromatic rings. The van der Waals surface area contributed by atoms with E-state index in [4.69, 9.17) is 4.74 Å². The summed E-state index contributed by atoms with van der Waals surface area (Å²) >= 11 is 0. The molecule has 0 aromatic heterocycles. The first-order valence-electron chi connectivity index (χ1n) is 8.81. The van der Waals surface area contributed by atoms with Gasteiger partial charge in [-0.1, -0.05) is 25.0 Å². The van der Waals surface area contributed by atoms with E-state index in [9.17, 15) is 5.11 Å². The number of ether oxygens (including phenoxy) is 1. The van der Waals surface area contributed by atoms with E-state index in [1.165, 1.54) is 37.8 Å². The van der Waals surface area contributed by atoms with Crippen molar-refractivity contribution in [2.45, 2.75) is 65.0 Å². The predicted octanol–water partition coefficient (Wildman–Crippen LogP) is 4.08. The van der Waals surface area contributed by atoms with Gasteiger partial charge in [0.25, 0.3) is 0 Å². The molecule has 2 atom stereocenters. The SMILES string of the molecule is CCOc1ccc(C)cc1C(O)CCN1CCCCC1CC. The third-order valence-electron chi connectivity index (χ3n) is 4.73. The van der Waals surface area contributed by atoms with Crippen molar-refractivity contribution in [3.8, 4) is 5.75 Å². The molecule has 1 aliphatic rings. The van der Waals surface area contributed by atoms with Crippen LogP contribution in [0.5, 0.6) is 5.75 Å². The Morgan fingerprint density at radius 1 is 1.32 bits per heavy atom. The summed E-state index contributed by atoms with van der Waals surface area (Å²) in [5.74, 6) is 0.825. The van der Waals surface area contributed by atoms with Crippen molar-refractivity contribution >= 4 is 0 Å². The van der Waals surface area contributed by atoms with E-state index >= 15 is 0 Å². The van der Waals surface area contributed by atoms with Crippen molar-refractivity contribution in [3.05, 3.63) is 29.3 Å². The number of aryl methyl sites for hydroxylation is 1. The zero-order chi connectivity index (χ0) is 15.9. The Morgan fingerprint density at radius 3 is 2.86 bits per heavy atom. The normalized spacial score (nSPS) is 20.8. The summed E-state index contributed by atoms with van der Waals surface area (Å²) in [5, 5.41) is 10.6. The quantitative estimate of drug-likeness (QED) is 0.824. The molecule has 1 aliphatic heterocycles. The summed E-state index contributed by atoms with van der Waals surface area (Å²) in [6.45, 7) is 9.09. The van der Waals surface area contributed by atoms with Crippen LogP contribution in [0.4, 0.5) is 0 Å². The molecule has 1 saturated heterocycles. The van der Waals surface area contributed by atoms with Crippen LogP contribution in [0.15, 0.2) is 18.2 Å². The second-order valence-corrected chi connectivity index (χ2v) is 6.37.